The lowest BCUT2D eigenvalue weighted by Crippen LogP contribution is -2.42. The van der Waals surface area contributed by atoms with Gasteiger partial charge < -0.3 is 10.2 Å². The van der Waals surface area contributed by atoms with Gasteiger partial charge in [0.25, 0.3) is 0 Å². The lowest BCUT2D eigenvalue weighted by Gasteiger charge is -2.46. The maximum atomic E-state index is 11.8. The van der Waals surface area contributed by atoms with Gasteiger partial charge in [-0.15, -0.1) is 6.58 Å². The molecule has 0 saturated heterocycles. The fraction of sp³-hybridized carbons (Fsp3) is 0.650. The van der Waals surface area contributed by atoms with Crippen molar-refractivity contribution in [3.8, 4) is 0 Å². The van der Waals surface area contributed by atoms with E-state index in [1.54, 1.807) is 6.92 Å². The number of carbonyl (C=O) groups excluding carboxylic acids is 1. The van der Waals surface area contributed by atoms with Crippen LogP contribution in [0.3, 0.4) is 0 Å². The molecule has 130 valence electrons. The number of aliphatic hydroxyl groups is 2. The van der Waals surface area contributed by atoms with E-state index in [0.717, 1.165) is 24.8 Å². The first-order chi connectivity index (χ1) is 10.3. The van der Waals surface area contributed by atoms with Crippen LogP contribution < -0.4 is 0 Å². The first kappa shape index (κ1) is 19.9. The zero-order valence-electron chi connectivity index (χ0n) is 15.2. The predicted molar refractivity (Wildman–Crippen MR) is 95.0 cm³/mol. The van der Waals surface area contributed by atoms with Gasteiger partial charge in [0.15, 0.2) is 5.78 Å². The van der Waals surface area contributed by atoms with E-state index < -0.39 is 17.0 Å². The van der Waals surface area contributed by atoms with Crippen LogP contribution in [0.4, 0.5) is 0 Å². The van der Waals surface area contributed by atoms with E-state index >= 15 is 0 Å². The number of hydrogen-bond donors (Lipinski definition) is 2. The van der Waals surface area contributed by atoms with Crippen LogP contribution in [-0.2, 0) is 4.79 Å². The molecule has 1 saturated carbocycles. The maximum absolute atomic E-state index is 11.8. The van der Waals surface area contributed by atoms with Crippen LogP contribution in [0.2, 0.25) is 0 Å². The van der Waals surface area contributed by atoms with Crippen molar-refractivity contribution in [2.45, 2.75) is 65.1 Å². The average Bonchev–Trinajstić information content (AvgIpc) is 2.43. The van der Waals surface area contributed by atoms with Crippen LogP contribution in [0.1, 0.15) is 53.9 Å². The molecule has 1 fully saturated rings. The molecule has 0 radical (unpaired) electrons. The van der Waals surface area contributed by atoms with Gasteiger partial charge in [0.2, 0.25) is 0 Å². The van der Waals surface area contributed by atoms with E-state index in [4.69, 9.17) is 0 Å². The first-order valence-electron chi connectivity index (χ1n) is 8.31. The highest BCUT2D eigenvalue weighted by atomic mass is 16.3. The van der Waals surface area contributed by atoms with Gasteiger partial charge in [-0.3, -0.25) is 4.79 Å². The summed E-state index contributed by atoms with van der Waals surface area (Å²) in [5.74, 6) is -0.0901. The Hall–Kier alpha value is -1.19. The molecule has 0 aromatic rings. The molecule has 0 spiro atoms. The first-order valence-corrected chi connectivity index (χ1v) is 8.31. The summed E-state index contributed by atoms with van der Waals surface area (Å²) < 4.78 is 0. The van der Waals surface area contributed by atoms with Crippen molar-refractivity contribution in [1.82, 2.24) is 0 Å². The van der Waals surface area contributed by atoms with Crippen LogP contribution in [0.5, 0.6) is 0 Å². The molecule has 2 N–H and O–H groups in total. The number of allylic oxidation sites excluding steroid dienone is 2. The number of rotatable bonds is 6. The molecular formula is C20H32O3. The van der Waals surface area contributed by atoms with Gasteiger partial charge in [0, 0.05) is 0 Å². The second kappa shape index (κ2) is 6.74. The minimum atomic E-state index is -1.42. The summed E-state index contributed by atoms with van der Waals surface area (Å²) in [7, 11) is 0. The fourth-order valence-electron chi connectivity index (χ4n) is 3.45. The molecule has 3 heteroatoms. The van der Waals surface area contributed by atoms with Crippen molar-refractivity contribution in [3.05, 3.63) is 37.0 Å². The van der Waals surface area contributed by atoms with Crippen molar-refractivity contribution >= 4 is 5.78 Å². The summed E-state index contributed by atoms with van der Waals surface area (Å²) in [6, 6.07) is 0. The van der Waals surface area contributed by atoms with Gasteiger partial charge in [0.05, 0.1) is 5.60 Å². The fourth-order valence-corrected chi connectivity index (χ4v) is 3.45. The lowest BCUT2D eigenvalue weighted by atomic mass is 9.59. The van der Waals surface area contributed by atoms with Crippen molar-refractivity contribution in [1.29, 1.82) is 0 Å². The van der Waals surface area contributed by atoms with Crippen molar-refractivity contribution in [2.75, 3.05) is 0 Å². The summed E-state index contributed by atoms with van der Waals surface area (Å²) in [4.78, 5) is 11.8. The summed E-state index contributed by atoms with van der Waals surface area (Å²) in [6.45, 7) is 16.9. The molecule has 0 heterocycles. The SMILES string of the molecule is C=CC1(C)CCC(C(C)(O)/C=C/C(=O)C(C)(C)O)CC1C(=C)C. The van der Waals surface area contributed by atoms with Crippen molar-refractivity contribution < 1.29 is 15.0 Å². The van der Waals surface area contributed by atoms with Gasteiger partial charge in [-0.05, 0) is 76.4 Å². The molecule has 1 aliphatic rings. The summed E-state index contributed by atoms with van der Waals surface area (Å²) in [5, 5.41) is 20.5. The number of carbonyl (C=O) groups is 1. The molecule has 0 aromatic heterocycles. The molecular weight excluding hydrogens is 288 g/mol. The van der Waals surface area contributed by atoms with Gasteiger partial charge >= 0.3 is 0 Å². The highest BCUT2D eigenvalue weighted by molar-refractivity contribution is 5.96. The zero-order valence-corrected chi connectivity index (χ0v) is 15.2. The largest absolute Gasteiger partial charge is 0.386 e. The van der Waals surface area contributed by atoms with Crippen LogP contribution in [0, 0.1) is 17.3 Å². The Bertz CT molecular complexity index is 507. The second-order valence-electron chi connectivity index (χ2n) is 8.06. The minimum absolute atomic E-state index is 0.00500. The monoisotopic (exact) mass is 320 g/mol. The summed E-state index contributed by atoms with van der Waals surface area (Å²) in [6.07, 6.45) is 7.44. The quantitative estimate of drug-likeness (QED) is 0.578. The third-order valence-corrected chi connectivity index (χ3v) is 5.41. The van der Waals surface area contributed by atoms with E-state index in [9.17, 15) is 15.0 Å². The topological polar surface area (TPSA) is 57.5 Å². The van der Waals surface area contributed by atoms with Gasteiger partial charge in [-0.1, -0.05) is 25.2 Å². The van der Waals surface area contributed by atoms with Crippen LogP contribution in [0.25, 0.3) is 0 Å². The smallest absolute Gasteiger partial charge is 0.186 e. The Morgan fingerprint density at radius 3 is 2.30 bits per heavy atom. The minimum Gasteiger partial charge on any atom is -0.386 e. The van der Waals surface area contributed by atoms with Crippen LogP contribution in [0.15, 0.2) is 37.0 Å². The molecule has 0 aliphatic heterocycles. The van der Waals surface area contributed by atoms with Crippen LogP contribution >= 0.6 is 0 Å². The van der Waals surface area contributed by atoms with E-state index in [1.165, 1.54) is 26.0 Å². The van der Waals surface area contributed by atoms with Gasteiger partial charge in [0.1, 0.15) is 5.60 Å². The number of ketones is 1. The average molecular weight is 320 g/mol. The zero-order chi connectivity index (χ0) is 18.1. The normalized spacial score (nSPS) is 31.6. The molecule has 4 unspecified atom stereocenters. The molecule has 23 heavy (non-hydrogen) atoms. The van der Waals surface area contributed by atoms with Crippen molar-refractivity contribution in [3.63, 3.8) is 0 Å². The summed E-state index contributed by atoms with van der Waals surface area (Å²) >= 11 is 0. The van der Waals surface area contributed by atoms with E-state index in [1.807, 2.05) is 13.0 Å². The van der Waals surface area contributed by atoms with Crippen LogP contribution in [-0.4, -0.2) is 27.2 Å². The van der Waals surface area contributed by atoms with Gasteiger partial charge in [-0.25, -0.2) is 0 Å². The third kappa shape index (κ3) is 4.65. The molecule has 1 aliphatic carbocycles. The summed E-state index contributed by atoms with van der Waals surface area (Å²) in [5.41, 5.74) is -1.40. The van der Waals surface area contributed by atoms with E-state index in [0.29, 0.717) is 0 Å². The van der Waals surface area contributed by atoms with Gasteiger partial charge in [-0.2, -0.15) is 0 Å². The Morgan fingerprint density at radius 2 is 1.87 bits per heavy atom. The molecule has 0 aromatic carbocycles. The molecule has 1 rings (SSSR count). The lowest BCUT2D eigenvalue weighted by molar-refractivity contribution is -0.129. The predicted octanol–water partition coefficient (Wildman–Crippen LogP) is 3.82. The van der Waals surface area contributed by atoms with E-state index in [2.05, 4.69) is 20.1 Å². The molecule has 4 atom stereocenters. The standard InChI is InChI=1S/C20H32O3/c1-8-19(6)11-9-15(13-16(19)14(2)3)20(7,23)12-10-17(21)18(4,5)22/h8,10,12,15-16,22-23H,1-2,9,11,13H2,3-7H3/b12-10+. The molecule has 0 bridgehead atoms. The Labute approximate surface area is 140 Å². The maximum Gasteiger partial charge on any atom is 0.186 e. The molecule has 3 nitrogen and oxygen atoms in total. The second-order valence-corrected chi connectivity index (χ2v) is 8.06. The Morgan fingerprint density at radius 1 is 1.30 bits per heavy atom. The highest BCUT2D eigenvalue weighted by Crippen LogP contribution is 2.49. The Balaban J connectivity index is 2.94. The molecule has 0 amide bonds. The van der Waals surface area contributed by atoms with E-state index in [-0.39, 0.29) is 17.3 Å². The number of hydrogen-bond acceptors (Lipinski definition) is 3. The van der Waals surface area contributed by atoms with Crippen molar-refractivity contribution in [2.24, 2.45) is 17.3 Å². The third-order valence-electron chi connectivity index (χ3n) is 5.41. The highest BCUT2D eigenvalue weighted by Gasteiger charge is 2.43. The Kier molecular flexibility index (Phi) is 5.82.